The number of aryl methyl sites for hydroxylation is 1. The Morgan fingerprint density at radius 1 is 1.35 bits per heavy atom. The van der Waals surface area contributed by atoms with E-state index in [1.165, 1.54) is 6.20 Å². The molecule has 4 unspecified atom stereocenters. The number of rotatable bonds is 3. The summed E-state index contributed by atoms with van der Waals surface area (Å²) in [5.74, 6) is 0.668. The third kappa shape index (κ3) is 3.01. The van der Waals surface area contributed by atoms with E-state index in [2.05, 4.69) is 14.8 Å². The normalized spacial score (nSPS) is 26.8. The number of carbonyl (C=O) groups is 1. The van der Waals surface area contributed by atoms with Gasteiger partial charge in [-0.05, 0) is 46.3 Å². The van der Waals surface area contributed by atoms with Crippen LogP contribution >= 0.6 is 0 Å². The minimum atomic E-state index is -0.890. The highest BCUT2D eigenvalue weighted by atomic mass is 19.1. The third-order valence-corrected chi connectivity index (χ3v) is 7.05. The topological polar surface area (TPSA) is 82.0 Å². The van der Waals surface area contributed by atoms with E-state index in [-0.39, 0.29) is 30.0 Å². The van der Waals surface area contributed by atoms with Crippen molar-refractivity contribution in [3.05, 3.63) is 23.3 Å². The Labute approximate surface area is 180 Å². The van der Waals surface area contributed by atoms with Crippen LogP contribution in [0.3, 0.4) is 0 Å². The first-order valence-electron chi connectivity index (χ1n) is 10.8. The smallest absolute Gasteiger partial charge is 0.407 e. The highest BCUT2D eigenvalue weighted by Gasteiger charge is 2.52. The van der Waals surface area contributed by atoms with Crippen LogP contribution in [0.25, 0.3) is 10.8 Å². The summed E-state index contributed by atoms with van der Waals surface area (Å²) >= 11 is 0. The number of carboxylic acid groups (broad SMARTS) is 1. The van der Waals surface area contributed by atoms with E-state index in [1.807, 2.05) is 27.9 Å². The van der Waals surface area contributed by atoms with Gasteiger partial charge in [0.2, 0.25) is 5.88 Å². The van der Waals surface area contributed by atoms with Gasteiger partial charge in [-0.2, -0.15) is 0 Å². The molecule has 2 bridgehead atoms. The predicted molar refractivity (Wildman–Crippen MR) is 114 cm³/mol. The van der Waals surface area contributed by atoms with Gasteiger partial charge in [-0.15, -0.1) is 0 Å². The molecule has 8 nitrogen and oxygen atoms in total. The number of amides is 1. The fourth-order valence-corrected chi connectivity index (χ4v) is 5.65. The summed E-state index contributed by atoms with van der Waals surface area (Å²) in [6, 6.07) is -0.488. The lowest BCUT2D eigenvalue weighted by Crippen LogP contribution is -2.64. The SMILES string of the molecule is Cc1c(CCN(C)C)nc2c3c(ncc(F)c13)OC(C)C1C3CCC(CN21)N3C(=O)O. The van der Waals surface area contributed by atoms with Crippen molar-refractivity contribution < 1.29 is 19.0 Å². The van der Waals surface area contributed by atoms with Crippen molar-refractivity contribution in [1.29, 1.82) is 0 Å². The lowest BCUT2D eigenvalue weighted by atomic mass is 9.97. The van der Waals surface area contributed by atoms with Gasteiger partial charge in [0.25, 0.3) is 0 Å². The number of fused-ring (bicyclic) bond motifs is 5. The molecular formula is C22H28FN5O3. The fraction of sp³-hybridized carbons (Fsp3) is 0.591. The maximum absolute atomic E-state index is 15.1. The van der Waals surface area contributed by atoms with Crippen LogP contribution in [0.1, 0.15) is 31.0 Å². The zero-order chi connectivity index (χ0) is 22.0. The molecule has 0 radical (unpaired) electrons. The Hall–Kier alpha value is -2.68. The van der Waals surface area contributed by atoms with Gasteiger partial charge >= 0.3 is 6.09 Å². The largest absolute Gasteiger partial charge is 0.472 e. The number of pyridine rings is 2. The predicted octanol–water partition coefficient (Wildman–Crippen LogP) is 2.66. The van der Waals surface area contributed by atoms with E-state index in [9.17, 15) is 9.90 Å². The van der Waals surface area contributed by atoms with Gasteiger partial charge in [-0.3, -0.25) is 4.90 Å². The second-order valence-electron chi connectivity index (χ2n) is 9.18. The zero-order valence-electron chi connectivity index (χ0n) is 18.3. The second-order valence-corrected chi connectivity index (χ2v) is 9.18. The average Bonchev–Trinajstić information content (AvgIpc) is 2.96. The summed E-state index contributed by atoms with van der Waals surface area (Å²) < 4.78 is 21.3. The van der Waals surface area contributed by atoms with Crippen LogP contribution in [-0.2, 0) is 6.42 Å². The molecule has 3 aliphatic rings. The van der Waals surface area contributed by atoms with Gasteiger partial charge in [-0.25, -0.2) is 19.2 Å². The summed E-state index contributed by atoms with van der Waals surface area (Å²) in [4.78, 5) is 27.1. The molecule has 0 aliphatic carbocycles. The van der Waals surface area contributed by atoms with E-state index < -0.39 is 6.09 Å². The van der Waals surface area contributed by atoms with Gasteiger partial charge < -0.3 is 19.6 Å². The Balaban J connectivity index is 1.71. The zero-order valence-corrected chi connectivity index (χ0v) is 18.3. The number of ether oxygens (including phenoxy) is 1. The van der Waals surface area contributed by atoms with Gasteiger partial charge in [0, 0.05) is 30.6 Å². The molecular weight excluding hydrogens is 401 g/mol. The van der Waals surface area contributed by atoms with Crippen LogP contribution in [0, 0.1) is 12.7 Å². The lowest BCUT2D eigenvalue weighted by Gasteiger charge is -2.47. The average molecular weight is 429 g/mol. The molecule has 2 aromatic heterocycles. The number of nitrogens with zero attached hydrogens (tertiary/aromatic N) is 5. The Morgan fingerprint density at radius 2 is 2.13 bits per heavy atom. The number of aromatic nitrogens is 2. The molecule has 2 aromatic rings. The number of anilines is 1. The second kappa shape index (κ2) is 7.19. The monoisotopic (exact) mass is 429 g/mol. The molecule has 31 heavy (non-hydrogen) atoms. The fourth-order valence-electron chi connectivity index (χ4n) is 5.65. The molecule has 5 heterocycles. The van der Waals surface area contributed by atoms with Crippen molar-refractivity contribution >= 4 is 22.7 Å². The van der Waals surface area contributed by atoms with E-state index in [1.54, 1.807) is 4.90 Å². The summed E-state index contributed by atoms with van der Waals surface area (Å²) in [5, 5.41) is 10.9. The lowest BCUT2D eigenvalue weighted by molar-refractivity contribution is 0.0707. The van der Waals surface area contributed by atoms with Crippen molar-refractivity contribution in [2.24, 2.45) is 0 Å². The molecule has 0 spiro atoms. The van der Waals surface area contributed by atoms with Crippen molar-refractivity contribution in [3.8, 4) is 5.88 Å². The Bertz CT molecular complexity index is 1060. The molecule has 9 heteroatoms. The molecule has 0 saturated carbocycles. The first kappa shape index (κ1) is 20.2. The van der Waals surface area contributed by atoms with Crippen LogP contribution in [0.2, 0.25) is 0 Å². The third-order valence-electron chi connectivity index (χ3n) is 7.05. The van der Waals surface area contributed by atoms with Crippen molar-refractivity contribution in [2.45, 2.75) is 57.3 Å². The van der Waals surface area contributed by atoms with Crippen LogP contribution in [0.5, 0.6) is 5.88 Å². The molecule has 2 saturated heterocycles. The molecule has 0 aromatic carbocycles. The summed E-state index contributed by atoms with van der Waals surface area (Å²) in [5.41, 5.74) is 1.66. The van der Waals surface area contributed by atoms with E-state index in [0.717, 1.165) is 30.6 Å². The Kier molecular flexibility index (Phi) is 4.69. The minimum absolute atomic E-state index is 0.0996. The molecule has 166 valence electrons. The standard InChI is InChI=1S/C22H28FN5O3/c1-11-15(7-8-26(3)4)25-20-18-17(11)14(23)9-24-21(18)31-12(2)19-16-6-5-13(10-27(19)20)28(16)22(29)30/h9,12-13,16,19H,5-8,10H2,1-4H3,(H,29,30). The van der Waals surface area contributed by atoms with Gasteiger partial charge in [0.15, 0.2) is 0 Å². The summed E-state index contributed by atoms with van der Waals surface area (Å²) in [7, 11) is 4.00. The molecule has 2 fully saturated rings. The van der Waals surface area contributed by atoms with Crippen LogP contribution in [-0.4, -0.2) is 82.4 Å². The summed E-state index contributed by atoms with van der Waals surface area (Å²) in [6.07, 6.45) is 2.31. The quantitative estimate of drug-likeness (QED) is 0.803. The van der Waals surface area contributed by atoms with E-state index in [4.69, 9.17) is 9.72 Å². The van der Waals surface area contributed by atoms with Crippen molar-refractivity contribution in [1.82, 2.24) is 19.8 Å². The first-order valence-corrected chi connectivity index (χ1v) is 10.8. The van der Waals surface area contributed by atoms with Gasteiger partial charge in [0.1, 0.15) is 17.7 Å². The number of hydrogen-bond donors (Lipinski definition) is 1. The van der Waals surface area contributed by atoms with E-state index in [0.29, 0.717) is 35.4 Å². The number of likely N-dealkylation sites (N-methyl/N-ethyl adjacent to an activating group) is 1. The van der Waals surface area contributed by atoms with Crippen molar-refractivity contribution in [2.75, 3.05) is 32.1 Å². The van der Waals surface area contributed by atoms with E-state index >= 15 is 4.39 Å². The molecule has 4 atom stereocenters. The number of halogens is 1. The number of piperazine rings is 1. The van der Waals surface area contributed by atoms with Gasteiger partial charge in [0.05, 0.1) is 29.7 Å². The van der Waals surface area contributed by atoms with Crippen molar-refractivity contribution in [3.63, 3.8) is 0 Å². The maximum Gasteiger partial charge on any atom is 0.407 e. The molecule has 1 N–H and O–H groups in total. The highest BCUT2D eigenvalue weighted by molar-refractivity contribution is 5.99. The molecule has 3 aliphatic heterocycles. The van der Waals surface area contributed by atoms with Gasteiger partial charge in [-0.1, -0.05) is 0 Å². The first-order chi connectivity index (χ1) is 14.8. The molecule has 1 amide bonds. The maximum atomic E-state index is 15.1. The number of hydrogen-bond acceptors (Lipinski definition) is 6. The Morgan fingerprint density at radius 3 is 2.84 bits per heavy atom. The minimum Gasteiger partial charge on any atom is -0.472 e. The highest BCUT2D eigenvalue weighted by Crippen LogP contribution is 2.45. The molecule has 5 rings (SSSR count). The van der Waals surface area contributed by atoms with Crippen LogP contribution in [0.4, 0.5) is 15.0 Å². The van der Waals surface area contributed by atoms with Crippen LogP contribution < -0.4 is 9.64 Å². The summed E-state index contributed by atoms with van der Waals surface area (Å²) in [6.45, 7) is 5.17. The van der Waals surface area contributed by atoms with Crippen LogP contribution in [0.15, 0.2) is 6.20 Å².